The normalized spacial score (nSPS) is 15.2. The molecule has 6 nitrogen and oxygen atoms in total. The number of hydrogen-bond acceptors (Lipinski definition) is 6. The molecule has 25 heavy (non-hydrogen) atoms. The van der Waals surface area contributed by atoms with Crippen LogP contribution in [0.3, 0.4) is 0 Å². The minimum atomic E-state index is -0.490. The van der Waals surface area contributed by atoms with Gasteiger partial charge in [-0.15, -0.1) is 0 Å². The zero-order chi connectivity index (χ0) is 18.2. The van der Waals surface area contributed by atoms with Crippen LogP contribution in [0.25, 0.3) is 0 Å². The van der Waals surface area contributed by atoms with Gasteiger partial charge in [-0.2, -0.15) is 0 Å². The lowest BCUT2D eigenvalue weighted by molar-refractivity contribution is -0.142. The molecule has 2 rings (SSSR count). The summed E-state index contributed by atoms with van der Waals surface area (Å²) in [5.74, 6) is -0.976. The second-order valence-corrected chi connectivity index (χ2v) is 6.04. The molecule has 0 saturated carbocycles. The molecule has 1 heterocycles. The Morgan fingerprint density at radius 2 is 1.76 bits per heavy atom. The van der Waals surface area contributed by atoms with Gasteiger partial charge in [-0.25, -0.2) is 9.59 Å². The number of unbranched alkanes of at least 4 members (excludes halogenated alkanes) is 1. The van der Waals surface area contributed by atoms with E-state index in [2.05, 4.69) is 11.8 Å². The Morgan fingerprint density at radius 1 is 1.08 bits per heavy atom. The van der Waals surface area contributed by atoms with Crippen molar-refractivity contribution in [2.75, 3.05) is 34.0 Å². The highest BCUT2D eigenvalue weighted by molar-refractivity contribution is 6.00. The van der Waals surface area contributed by atoms with Crippen LogP contribution in [-0.4, -0.2) is 55.7 Å². The van der Waals surface area contributed by atoms with Gasteiger partial charge in [0.25, 0.3) is 0 Å². The molecular formula is C19H26N2O4. The molecule has 1 aromatic rings. The number of carbonyl (C=O) groups is 2. The standard InChI is InChI=1S/C19H26N2O4/c1-4-5-11-21-14-20(12-15-9-7-6-8-10-15)13-16(18(22)24-2)17(21)19(23)25-3/h6-10H,4-5,11-14H2,1-3H3. The Bertz CT molecular complexity index is 628. The zero-order valence-corrected chi connectivity index (χ0v) is 15.2. The van der Waals surface area contributed by atoms with E-state index in [-0.39, 0.29) is 0 Å². The Labute approximate surface area is 149 Å². The lowest BCUT2D eigenvalue weighted by Gasteiger charge is -2.38. The largest absolute Gasteiger partial charge is 0.466 e. The number of methoxy groups -OCH3 is 2. The maximum Gasteiger partial charge on any atom is 0.354 e. The smallest absolute Gasteiger partial charge is 0.354 e. The van der Waals surface area contributed by atoms with Gasteiger partial charge in [0, 0.05) is 19.6 Å². The van der Waals surface area contributed by atoms with E-state index in [0.29, 0.717) is 37.6 Å². The molecule has 1 aliphatic heterocycles. The number of nitrogens with zero attached hydrogens (tertiary/aromatic N) is 2. The number of hydrogen-bond donors (Lipinski definition) is 0. The molecule has 0 aromatic heterocycles. The zero-order valence-electron chi connectivity index (χ0n) is 15.2. The van der Waals surface area contributed by atoms with E-state index < -0.39 is 11.9 Å². The highest BCUT2D eigenvalue weighted by atomic mass is 16.5. The molecule has 1 aromatic carbocycles. The maximum atomic E-state index is 12.3. The highest BCUT2D eigenvalue weighted by Crippen LogP contribution is 2.23. The van der Waals surface area contributed by atoms with Gasteiger partial charge in [-0.3, -0.25) is 4.90 Å². The van der Waals surface area contributed by atoms with Gasteiger partial charge in [-0.05, 0) is 12.0 Å². The lowest BCUT2D eigenvalue weighted by atomic mass is 10.1. The number of rotatable bonds is 7. The fourth-order valence-electron chi connectivity index (χ4n) is 2.96. The third-order valence-electron chi connectivity index (χ3n) is 4.20. The average molecular weight is 346 g/mol. The Balaban J connectivity index is 2.32. The predicted molar refractivity (Wildman–Crippen MR) is 94.4 cm³/mol. The van der Waals surface area contributed by atoms with Crippen LogP contribution in [0, 0.1) is 0 Å². The first-order valence-corrected chi connectivity index (χ1v) is 8.51. The first-order valence-electron chi connectivity index (χ1n) is 8.51. The quantitative estimate of drug-likeness (QED) is 0.705. The number of carbonyl (C=O) groups excluding carboxylic acids is 2. The highest BCUT2D eigenvalue weighted by Gasteiger charge is 2.33. The molecule has 0 saturated heterocycles. The van der Waals surface area contributed by atoms with Gasteiger partial charge in [0.05, 0.1) is 26.5 Å². The minimum Gasteiger partial charge on any atom is -0.466 e. The summed E-state index contributed by atoms with van der Waals surface area (Å²) in [5.41, 5.74) is 1.84. The molecule has 0 atom stereocenters. The fourth-order valence-corrected chi connectivity index (χ4v) is 2.96. The van der Waals surface area contributed by atoms with E-state index in [1.165, 1.54) is 14.2 Å². The van der Waals surface area contributed by atoms with Crippen molar-refractivity contribution in [3.8, 4) is 0 Å². The summed E-state index contributed by atoms with van der Waals surface area (Å²) in [6, 6.07) is 10.1. The Morgan fingerprint density at radius 3 is 2.36 bits per heavy atom. The van der Waals surface area contributed by atoms with Crippen LogP contribution in [0.15, 0.2) is 41.6 Å². The van der Waals surface area contributed by atoms with Gasteiger partial charge in [0.2, 0.25) is 0 Å². The second-order valence-electron chi connectivity index (χ2n) is 6.04. The first-order chi connectivity index (χ1) is 12.1. The van der Waals surface area contributed by atoms with Crippen LogP contribution in [0.5, 0.6) is 0 Å². The van der Waals surface area contributed by atoms with Crippen molar-refractivity contribution >= 4 is 11.9 Å². The Kier molecular flexibility index (Phi) is 7.01. The summed E-state index contributed by atoms with van der Waals surface area (Å²) in [7, 11) is 2.66. The van der Waals surface area contributed by atoms with Gasteiger partial charge in [0.15, 0.2) is 0 Å². The molecule has 0 spiro atoms. The van der Waals surface area contributed by atoms with E-state index in [4.69, 9.17) is 9.47 Å². The monoisotopic (exact) mass is 346 g/mol. The minimum absolute atomic E-state index is 0.326. The molecular weight excluding hydrogens is 320 g/mol. The summed E-state index contributed by atoms with van der Waals surface area (Å²) in [5, 5.41) is 0. The van der Waals surface area contributed by atoms with Crippen LogP contribution in [0.2, 0.25) is 0 Å². The van der Waals surface area contributed by atoms with Crippen molar-refractivity contribution in [1.29, 1.82) is 0 Å². The van der Waals surface area contributed by atoms with E-state index >= 15 is 0 Å². The number of ether oxygens (including phenoxy) is 2. The molecule has 1 aliphatic rings. The fraction of sp³-hybridized carbons (Fsp3) is 0.474. The van der Waals surface area contributed by atoms with Crippen LogP contribution >= 0.6 is 0 Å². The first kappa shape index (κ1) is 19.0. The summed E-state index contributed by atoms with van der Waals surface area (Å²) >= 11 is 0. The second kappa shape index (κ2) is 9.22. The third kappa shape index (κ3) is 4.82. The summed E-state index contributed by atoms with van der Waals surface area (Å²) in [6.45, 7) is 4.40. The van der Waals surface area contributed by atoms with Crippen LogP contribution in [-0.2, 0) is 25.6 Å². The lowest BCUT2D eigenvalue weighted by Crippen LogP contribution is -2.47. The molecule has 0 amide bonds. The average Bonchev–Trinajstić information content (AvgIpc) is 2.65. The van der Waals surface area contributed by atoms with E-state index in [1.807, 2.05) is 35.2 Å². The number of esters is 2. The van der Waals surface area contributed by atoms with Crippen molar-refractivity contribution in [3.63, 3.8) is 0 Å². The van der Waals surface area contributed by atoms with Crippen LogP contribution in [0.4, 0.5) is 0 Å². The molecule has 0 unspecified atom stereocenters. The van der Waals surface area contributed by atoms with Crippen molar-refractivity contribution in [2.24, 2.45) is 0 Å². The van der Waals surface area contributed by atoms with Crippen molar-refractivity contribution in [1.82, 2.24) is 9.80 Å². The third-order valence-corrected chi connectivity index (χ3v) is 4.20. The van der Waals surface area contributed by atoms with E-state index in [0.717, 1.165) is 18.4 Å². The topological polar surface area (TPSA) is 59.1 Å². The molecule has 136 valence electrons. The van der Waals surface area contributed by atoms with Gasteiger partial charge in [-0.1, -0.05) is 43.7 Å². The molecule has 0 N–H and O–H groups in total. The molecule has 0 bridgehead atoms. The van der Waals surface area contributed by atoms with E-state index in [1.54, 1.807) is 0 Å². The van der Waals surface area contributed by atoms with Gasteiger partial charge in [0.1, 0.15) is 5.70 Å². The SMILES string of the molecule is CCCCN1CN(Cc2ccccc2)CC(C(=O)OC)=C1C(=O)OC. The molecule has 0 aliphatic carbocycles. The summed E-state index contributed by atoms with van der Waals surface area (Å²) in [4.78, 5) is 28.6. The summed E-state index contributed by atoms with van der Waals surface area (Å²) < 4.78 is 9.82. The molecule has 6 heteroatoms. The Hall–Kier alpha value is -2.34. The van der Waals surface area contributed by atoms with E-state index in [9.17, 15) is 9.59 Å². The van der Waals surface area contributed by atoms with Crippen molar-refractivity contribution in [2.45, 2.75) is 26.3 Å². The number of benzene rings is 1. The predicted octanol–water partition coefficient (Wildman–Crippen LogP) is 2.16. The van der Waals surface area contributed by atoms with Crippen molar-refractivity contribution < 1.29 is 19.1 Å². The summed E-state index contributed by atoms with van der Waals surface area (Å²) in [6.07, 6.45) is 1.92. The van der Waals surface area contributed by atoms with Crippen LogP contribution < -0.4 is 0 Å². The van der Waals surface area contributed by atoms with Gasteiger partial charge >= 0.3 is 11.9 Å². The molecule has 0 fully saturated rings. The van der Waals surface area contributed by atoms with Crippen molar-refractivity contribution in [3.05, 3.63) is 47.2 Å². The maximum absolute atomic E-state index is 12.3. The molecule has 0 radical (unpaired) electrons. The van der Waals surface area contributed by atoms with Gasteiger partial charge < -0.3 is 14.4 Å². The van der Waals surface area contributed by atoms with Crippen LogP contribution in [0.1, 0.15) is 25.3 Å².